The molecule has 1 fully saturated rings. The molecule has 1 aliphatic rings. The quantitative estimate of drug-likeness (QED) is 0.815. The van der Waals surface area contributed by atoms with Gasteiger partial charge in [-0.3, -0.25) is 9.59 Å². The van der Waals surface area contributed by atoms with Crippen LogP contribution in [0.2, 0.25) is 10.0 Å². The number of anilines is 1. The average Bonchev–Trinajstić information content (AvgIpc) is 2.94. The van der Waals surface area contributed by atoms with Crippen molar-refractivity contribution in [3.8, 4) is 0 Å². The van der Waals surface area contributed by atoms with Gasteiger partial charge >= 0.3 is 0 Å². The monoisotopic (exact) mass is 330 g/mol. The largest absolute Gasteiger partial charge is 0.376 e. The van der Waals surface area contributed by atoms with Gasteiger partial charge in [-0.15, -0.1) is 0 Å². The smallest absolute Gasteiger partial charge is 0.233 e. The van der Waals surface area contributed by atoms with Crippen LogP contribution >= 0.6 is 23.2 Å². The van der Waals surface area contributed by atoms with Crippen LogP contribution in [0.4, 0.5) is 5.69 Å². The van der Waals surface area contributed by atoms with E-state index in [2.05, 4.69) is 10.6 Å². The lowest BCUT2D eigenvalue weighted by Gasteiger charge is -2.11. The first-order valence-corrected chi connectivity index (χ1v) is 7.43. The molecule has 0 spiro atoms. The van der Waals surface area contributed by atoms with Crippen LogP contribution in [-0.2, 0) is 14.3 Å². The number of hydrogen-bond acceptors (Lipinski definition) is 3. The van der Waals surface area contributed by atoms with Crippen LogP contribution in [0.15, 0.2) is 18.2 Å². The molecule has 1 aliphatic heterocycles. The second kappa shape index (κ2) is 7.64. The minimum Gasteiger partial charge on any atom is -0.376 e. The Labute approximate surface area is 132 Å². The topological polar surface area (TPSA) is 67.4 Å². The second-order valence-electron chi connectivity index (χ2n) is 4.79. The van der Waals surface area contributed by atoms with Crippen molar-refractivity contribution in [3.63, 3.8) is 0 Å². The lowest BCUT2D eigenvalue weighted by Crippen LogP contribution is -2.34. The Kier molecular flexibility index (Phi) is 5.85. The van der Waals surface area contributed by atoms with Crippen molar-refractivity contribution in [3.05, 3.63) is 28.2 Å². The van der Waals surface area contributed by atoms with Crippen LogP contribution in [0, 0.1) is 0 Å². The number of benzene rings is 1. The van der Waals surface area contributed by atoms with Crippen molar-refractivity contribution >= 4 is 40.7 Å². The maximum Gasteiger partial charge on any atom is 0.233 e. The standard InChI is InChI=1S/C14H16Cl2N2O3/c15-11-4-3-9(6-12(11)16)18-14(20)7-13(19)17-8-10-2-1-5-21-10/h3-4,6,10H,1-2,5,7-8H2,(H,17,19)(H,18,20). The van der Waals surface area contributed by atoms with E-state index in [1.54, 1.807) is 12.1 Å². The summed E-state index contributed by atoms with van der Waals surface area (Å²) >= 11 is 11.6. The van der Waals surface area contributed by atoms with E-state index in [1.165, 1.54) is 6.07 Å². The van der Waals surface area contributed by atoms with Gasteiger partial charge in [-0.2, -0.15) is 0 Å². The van der Waals surface area contributed by atoms with Gasteiger partial charge in [0.05, 0.1) is 16.1 Å². The first-order chi connectivity index (χ1) is 10.0. The predicted molar refractivity (Wildman–Crippen MR) is 81.7 cm³/mol. The number of ether oxygens (including phenoxy) is 1. The molecule has 5 nitrogen and oxygen atoms in total. The molecule has 1 atom stereocenters. The zero-order valence-corrected chi connectivity index (χ0v) is 12.8. The molecule has 1 aromatic carbocycles. The van der Waals surface area contributed by atoms with E-state index in [0.717, 1.165) is 19.4 Å². The summed E-state index contributed by atoms with van der Waals surface area (Å²) in [6.07, 6.45) is 1.77. The van der Waals surface area contributed by atoms with Crippen LogP contribution in [-0.4, -0.2) is 31.1 Å². The fourth-order valence-corrected chi connectivity index (χ4v) is 2.32. The van der Waals surface area contributed by atoms with Crippen LogP contribution in [0.1, 0.15) is 19.3 Å². The molecule has 1 aromatic rings. The van der Waals surface area contributed by atoms with E-state index >= 15 is 0 Å². The van der Waals surface area contributed by atoms with Gasteiger partial charge in [0.15, 0.2) is 0 Å². The van der Waals surface area contributed by atoms with Crippen molar-refractivity contribution in [2.45, 2.75) is 25.4 Å². The van der Waals surface area contributed by atoms with Gasteiger partial charge in [-0.05, 0) is 31.0 Å². The number of nitrogens with one attached hydrogen (secondary N) is 2. The lowest BCUT2D eigenvalue weighted by atomic mass is 10.2. The summed E-state index contributed by atoms with van der Waals surface area (Å²) in [5.41, 5.74) is 0.501. The van der Waals surface area contributed by atoms with Crippen molar-refractivity contribution in [1.82, 2.24) is 5.32 Å². The summed E-state index contributed by atoms with van der Waals surface area (Å²) in [7, 11) is 0. The summed E-state index contributed by atoms with van der Waals surface area (Å²) < 4.78 is 5.39. The van der Waals surface area contributed by atoms with Gasteiger partial charge in [-0.25, -0.2) is 0 Å². The number of halogens is 2. The van der Waals surface area contributed by atoms with E-state index in [9.17, 15) is 9.59 Å². The van der Waals surface area contributed by atoms with Gasteiger partial charge in [0.2, 0.25) is 11.8 Å². The van der Waals surface area contributed by atoms with Crippen molar-refractivity contribution in [2.75, 3.05) is 18.5 Å². The van der Waals surface area contributed by atoms with Gasteiger partial charge in [-0.1, -0.05) is 23.2 Å². The summed E-state index contributed by atoms with van der Waals surface area (Å²) in [4.78, 5) is 23.4. The van der Waals surface area contributed by atoms with E-state index in [0.29, 0.717) is 22.3 Å². The highest BCUT2D eigenvalue weighted by molar-refractivity contribution is 6.42. The van der Waals surface area contributed by atoms with Crippen molar-refractivity contribution in [2.24, 2.45) is 0 Å². The second-order valence-corrected chi connectivity index (χ2v) is 5.61. The SMILES string of the molecule is O=C(CC(=O)Nc1ccc(Cl)c(Cl)c1)NCC1CCCO1. The molecule has 0 aliphatic carbocycles. The van der Waals surface area contributed by atoms with Crippen molar-refractivity contribution < 1.29 is 14.3 Å². The highest BCUT2D eigenvalue weighted by atomic mass is 35.5. The number of carbonyl (C=O) groups is 2. The normalized spacial score (nSPS) is 17.5. The molecule has 2 N–H and O–H groups in total. The summed E-state index contributed by atoms with van der Waals surface area (Å²) in [6.45, 7) is 1.18. The highest BCUT2D eigenvalue weighted by Gasteiger charge is 2.17. The Hall–Kier alpha value is -1.30. The molecule has 1 saturated heterocycles. The van der Waals surface area contributed by atoms with E-state index in [-0.39, 0.29) is 18.4 Å². The van der Waals surface area contributed by atoms with Gasteiger partial charge in [0.1, 0.15) is 6.42 Å². The van der Waals surface area contributed by atoms with Gasteiger partial charge in [0, 0.05) is 18.8 Å². The van der Waals surface area contributed by atoms with Crippen LogP contribution in [0.5, 0.6) is 0 Å². The molecular weight excluding hydrogens is 315 g/mol. The number of rotatable bonds is 5. The first-order valence-electron chi connectivity index (χ1n) is 6.68. The zero-order valence-electron chi connectivity index (χ0n) is 11.3. The third-order valence-corrected chi connectivity index (χ3v) is 3.81. The molecule has 0 bridgehead atoms. The summed E-state index contributed by atoms with van der Waals surface area (Å²) in [6, 6.07) is 4.74. The summed E-state index contributed by atoms with van der Waals surface area (Å²) in [5, 5.41) is 6.04. The number of carbonyl (C=O) groups excluding carboxylic acids is 2. The van der Waals surface area contributed by atoms with E-state index < -0.39 is 5.91 Å². The predicted octanol–water partition coefficient (Wildman–Crippen LogP) is 2.62. The van der Waals surface area contributed by atoms with Gasteiger partial charge < -0.3 is 15.4 Å². The Morgan fingerprint density at radius 1 is 1.24 bits per heavy atom. The summed E-state index contributed by atoms with van der Waals surface area (Å²) in [5.74, 6) is -0.735. The molecule has 0 radical (unpaired) electrons. The molecule has 0 saturated carbocycles. The number of amides is 2. The Morgan fingerprint density at radius 3 is 2.71 bits per heavy atom. The Balaban J connectivity index is 1.75. The molecule has 0 aromatic heterocycles. The fourth-order valence-electron chi connectivity index (χ4n) is 2.02. The highest BCUT2D eigenvalue weighted by Crippen LogP contribution is 2.25. The number of hydrogen-bond donors (Lipinski definition) is 2. The molecule has 2 amide bonds. The lowest BCUT2D eigenvalue weighted by molar-refractivity contribution is -0.127. The molecule has 7 heteroatoms. The zero-order chi connectivity index (χ0) is 15.2. The van der Waals surface area contributed by atoms with Crippen LogP contribution < -0.4 is 10.6 Å². The molecule has 114 valence electrons. The first kappa shape index (κ1) is 16.1. The third kappa shape index (κ3) is 5.19. The molecule has 2 rings (SSSR count). The van der Waals surface area contributed by atoms with E-state index in [4.69, 9.17) is 27.9 Å². The minimum atomic E-state index is -0.404. The molecule has 1 unspecified atom stereocenters. The molecule has 1 heterocycles. The molecule has 21 heavy (non-hydrogen) atoms. The average molecular weight is 331 g/mol. The minimum absolute atomic E-state index is 0.0621. The van der Waals surface area contributed by atoms with Crippen LogP contribution in [0.3, 0.4) is 0 Å². The van der Waals surface area contributed by atoms with E-state index in [1.807, 2.05) is 0 Å². The van der Waals surface area contributed by atoms with Crippen LogP contribution in [0.25, 0.3) is 0 Å². The van der Waals surface area contributed by atoms with Crippen molar-refractivity contribution in [1.29, 1.82) is 0 Å². The molecular formula is C14H16Cl2N2O3. The maximum absolute atomic E-state index is 11.7. The Bertz CT molecular complexity index is 531. The third-order valence-electron chi connectivity index (χ3n) is 3.08. The fraction of sp³-hybridized carbons (Fsp3) is 0.429. The maximum atomic E-state index is 11.7. The Morgan fingerprint density at radius 2 is 2.05 bits per heavy atom. The van der Waals surface area contributed by atoms with Gasteiger partial charge in [0.25, 0.3) is 0 Å².